The van der Waals surface area contributed by atoms with Crippen molar-refractivity contribution < 1.29 is 9.53 Å². The van der Waals surface area contributed by atoms with Gasteiger partial charge in [-0.25, -0.2) is 0 Å². The van der Waals surface area contributed by atoms with E-state index in [9.17, 15) is 4.79 Å². The molecular weight excluding hydrogens is 272 g/mol. The molecule has 5 heteroatoms. The van der Waals surface area contributed by atoms with Gasteiger partial charge in [-0.15, -0.1) is 11.3 Å². The van der Waals surface area contributed by atoms with Crippen molar-refractivity contribution in [3.8, 4) is 10.6 Å². The zero-order chi connectivity index (χ0) is 13.9. The Morgan fingerprint density at radius 3 is 3.05 bits per heavy atom. The van der Waals surface area contributed by atoms with E-state index in [1.54, 1.807) is 17.5 Å². The van der Waals surface area contributed by atoms with Gasteiger partial charge in [0.15, 0.2) is 0 Å². The maximum atomic E-state index is 12.1. The van der Waals surface area contributed by atoms with Gasteiger partial charge in [-0.1, -0.05) is 0 Å². The van der Waals surface area contributed by atoms with Crippen molar-refractivity contribution >= 4 is 22.9 Å². The highest BCUT2D eigenvalue weighted by atomic mass is 32.1. The number of hydrogen-bond donors (Lipinski definition) is 1. The molecule has 1 aliphatic heterocycles. The van der Waals surface area contributed by atoms with Gasteiger partial charge in [0, 0.05) is 17.7 Å². The molecule has 1 fully saturated rings. The molecule has 4 nitrogen and oxygen atoms in total. The van der Waals surface area contributed by atoms with Crippen LogP contribution in [-0.4, -0.2) is 23.6 Å². The Balaban J connectivity index is 1.84. The zero-order valence-electron chi connectivity index (χ0n) is 11.3. The summed E-state index contributed by atoms with van der Waals surface area (Å²) in [6.45, 7) is 2.73. The predicted octanol–water partition coefficient (Wildman–Crippen LogP) is 3.24. The summed E-state index contributed by atoms with van der Waals surface area (Å²) in [5.74, 6) is -0.0787. The summed E-state index contributed by atoms with van der Waals surface area (Å²) in [4.78, 5) is 18.8. The summed E-state index contributed by atoms with van der Waals surface area (Å²) >= 11 is 1.67. The van der Waals surface area contributed by atoms with Gasteiger partial charge in [-0.2, -0.15) is 0 Å². The van der Waals surface area contributed by atoms with Crippen LogP contribution in [0.2, 0.25) is 0 Å². The molecule has 3 heterocycles. The Labute approximate surface area is 121 Å². The number of nitrogens with zero attached hydrogens (tertiary/aromatic N) is 1. The highest BCUT2D eigenvalue weighted by Gasteiger charge is 2.24. The Morgan fingerprint density at radius 2 is 2.35 bits per heavy atom. The summed E-state index contributed by atoms with van der Waals surface area (Å²) in [6.07, 6.45) is 3.15. The summed E-state index contributed by atoms with van der Waals surface area (Å²) in [5, 5.41) is 2.94. The van der Waals surface area contributed by atoms with E-state index in [4.69, 9.17) is 4.74 Å². The second-order valence-corrected chi connectivity index (χ2v) is 6.09. The van der Waals surface area contributed by atoms with Crippen LogP contribution in [0.15, 0.2) is 30.5 Å². The van der Waals surface area contributed by atoms with E-state index in [1.807, 2.05) is 18.2 Å². The fraction of sp³-hybridized carbons (Fsp3) is 0.333. The first-order chi connectivity index (χ1) is 9.74. The van der Waals surface area contributed by atoms with Gasteiger partial charge in [0.2, 0.25) is 0 Å². The molecule has 0 saturated carbocycles. The number of thiophene rings is 1. The fourth-order valence-corrected chi connectivity index (χ4v) is 3.14. The molecule has 0 aliphatic carbocycles. The predicted molar refractivity (Wildman–Crippen MR) is 79.9 cm³/mol. The smallest absolute Gasteiger partial charge is 0.253 e. The standard InChI is InChI=1S/C15H16N2O2S/c1-10-6-7-13(20-10)14-11(4-2-8-16-14)17-15(18)12-5-3-9-19-12/h2,4,6-8,12H,3,5,9H2,1H3,(H,17,18)/t12-/m1/s1. The molecule has 2 aromatic rings. The molecule has 0 spiro atoms. The van der Waals surface area contributed by atoms with E-state index in [0.29, 0.717) is 6.61 Å². The molecule has 2 aromatic heterocycles. The SMILES string of the molecule is Cc1ccc(-c2ncccc2NC(=O)[C@H]2CCCO2)s1. The molecule has 0 radical (unpaired) electrons. The van der Waals surface area contributed by atoms with Gasteiger partial charge in [-0.05, 0) is 44.0 Å². The lowest BCUT2D eigenvalue weighted by atomic mass is 10.2. The maximum Gasteiger partial charge on any atom is 0.253 e. The lowest BCUT2D eigenvalue weighted by molar-refractivity contribution is -0.124. The third-order valence-corrected chi connectivity index (χ3v) is 4.27. The number of carbonyl (C=O) groups is 1. The van der Waals surface area contributed by atoms with Crippen LogP contribution in [0.25, 0.3) is 10.6 Å². The van der Waals surface area contributed by atoms with Crippen molar-refractivity contribution in [2.24, 2.45) is 0 Å². The second kappa shape index (κ2) is 5.73. The Bertz CT molecular complexity index is 618. The molecular formula is C15H16N2O2S. The fourth-order valence-electron chi connectivity index (χ4n) is 2.26. The van der Waals surface area contributed by atoms with Crippen LogP contribution in [0.5, 0.6) is 0 Å². The normalized spacial score (nSPS) is 18.1. The first-order valence-electron chi connectivity index (χ1n) is 6.68. The highest BCUT2D eigenvalue weighted by molar-refractivity contribution is 7.15. The number of rotatable bonds is 3. The summed E-state index contributed by atoms with van der Waals surface area (Å²) in [7, 11) is 0. The van der Waals surface area contributed by atoms with Crippen LogP contribution in [0.1, 0.15) is 17.7 Å². The Kier molecular flexibility index (Phi) is 3.80. The minimum atomic E-state index is -0.326. The third kappa shape index (κ3) is 2.73. The molecule has 20 heavy (non-hydrogen) atoms. The lowest BCUT2D eigenvalue weighted by Crippen LogP contribution is -2.27. The van der Waals surface area contributed by atoms with E-state index < -0.39 is 0 Å². The Morgan fingerprint density at radius 1 is 1.45 bits per heavy atom. The minimum absolute atomic E-state index is 0.0787. The van der Waals surface area contributed by atoms with Gasteiger partial charge in [-0.3, -0.25) is 9.78 Å². The number of nitrogens with one attached hydrogen (secondary N) is 1. The number of ether oxygens (including phenoxy) is 1. The van der Waals surface area contributed by atoms with Crippen molar-refractivity contribution in [1.29, 1.82) is 0 Å². The van der Waals surface area contributed by atoms with Crippen molar-refractivity contribution in [2.45, 2.75) is 25.9 Å². The van der Waals surface area contributed by atoms with Gasteiger partial charge in [0.25, 0.3) is 5.91 Å². The van der Waals surface area contributed by atoms with Crippen LogP contribution in [0.3, 0.4) is 0 Å². The molecule has 0 bridgehead atoms. The summed E-state index contributed by atoms with van der Waals surface area (Å²) < 4.78 is 5.41. The molecule has 0 aromatic carbocycles. The molecule has 104 valence electrons. The average molecular weight is 288 g/mol. The molecule has 1 saturated heterocycles. The number of amides is 1. The van der Waals surface area contributed by atoms with Crippen LogP contribution >= 0.6 is 11.3 Å². The maximum absolute atomic E-state index is 12.1. The Hall–Kier alpha value is -1.72. The van der Waals surface area contributed by atoms with Gasteiger partial charge in [0.1, 0.15) is 11.8 Å². The molecule has 1 amide bonds. The number of aromatic nitrogens is 1. The van der Waals surface area contributed by atoms with Gasteiger partial charge >= 0.3 is 0 Å². The first kappa shape index (κ1) is 13.3. The number of pyridine rings is 1. The minimum Gasteiger partial charge on any atom is -0.368 e. The van der Waals surface area contributed by atoms with Gasteiger partial charge in [0.05, 0.1) is 10.6 Å². The van der Waals surface area contributed by atoms with Crippen molar-refractivity contribution in [1.82, 2.24) is 4.98 Å². The van der Waals surface area contributed by atoms with Crippen LogP contribution in [-0.2, 0) is 9.53 Å². The average Bonchev–Trinajstić information content (AvgIpc) is 3.10. The number of aryl methyl sites for hydroxylation is 1. The quantitative estimate of drug-likeness (QED) is 0.943. The van der Waals surface area contributed by atoms with Crippen molar-refractivity contribution in [3.05, 3.63) is 35.3 Å². The molecule has 1 atom stereocenters. The van der Waals surface area contributed by atoms with E-state index in [1.165, 1.54) is 4.88 Å². The summed E-state index contributed by atoms with van der Waals surface area (Å²) in [6, 6.07) is 7.80. The van der Waals surface area contributed by atoms with Gasteiger partial charge < -0.3 is 10.1 Å². The third-order valence-electron chi connectivity index (χ3n) is 3.26. The van der Waals surface area contributed by atoms with Crippen LogP contribution in [0.4, 0.5) is 5.69 Å². The van der Waals surface area contributed by atoms with Crippen molar-refractivity contribution in [2.75, 3.05) is 11.9 Å². The van der Waals surface area contributed by atoms with Crippen LogP contribution < -0.4 is 5.32 Å². The van der Waals surface area contributed by atoms with E-state index in [2.05, 4.69) is 23.3 Å². The number of carbonyl (C=O) groups excluding carboxylic acids is 1. The first-order valence-corrected chi connectivity index (χ1v) is 7.50. The highest BCUT2D eigenvalue weighted by Crippen LogP contribution is 2.31. The molecule has 1 aliphatic rings. The molecule has 3 rings (SSSR count). The molecule has 1 N–H and O–H groups in total. The molecule has 0 unspecified atom stereocenters. The van der Waals surface area contributed by atoms with Crippen molar-refractivity contribution in [3.63, 3.8) is 0 Å². The van der Waals surface area contributed by atoms with E-state index >= 15 is 0 Å². The zero-order valence-corrected chi connectivity index (χ0v) is 12.1. The second-order valence-electron chi connectivity index (χ2n) is 4.80. The number of hydrogen-bond acceptors (Lipinski definition) is 4. The van der Waals surface area contributed by atoms with E-state index in [0.717, 1.165) is 29.1 Å². The largest absolute Gasteiger partial charge is 0.368 e. The van der Waals surface area contributed by atoms with E-state index in [-0.39, 0.29) is 12.0 Å². The summed E-state index contributed by atoms with van der Waals surface area (Å²) in [5.41, 5.74) is 1.56. The lowest BCUT2D eigenvalue weighted by Gasteiger charge is -2.12. The topological polar surface area (TPSA) is 51.2 Å². The number of anilines is 1. The van der Waals surface area contributed by atoms with Crippen LogP contribution in [0, 0.1) is 6.92 Å². The monoisotopic (exact) mass is 288 g/mol.